The average Bonchev–Trinajstić information content (AvgIpc) is 2.67. The second kappa shape index (κ2) is 10.1. The van der Waals surface area contributed by atoms with Gasteiger partial charge in [-0.05, 0) is 44.4 Å². The van der Waals surface area contributed by atoms with Crippen molar-refractivity contribution < 1.29 is 9.84 Å². The fourth-order valence-electron chi connectivity index (χ4n) is 4.11. The lowest BCUT2D eigenvalue weighted by Crippen LogP contribution is -2.50. The summed E-state index contributed by atoms with van der Waals surface area (Å²) in [6, 6.07) is 8.22. The molecule has 1 aromatic rings. The number of morpholine rings is 1. The molecule has 2 fully saturated rings. The van der Waals surface area contributed by atoms with Gasteiger partial charge >= 0.3 is 0 Å². The summed E-state index contributed by atoms with van der Waals surface area (Å²) in [6.45, 7) is 9.67. The summed E-state index contributed by atoms with van der Waals surface area (Å²) in [5.41, 5.74) is 0.594. The highest BCUT2D eigenvalue weighted by Gasteiger charge is 2.38. The number of rotatable bonds is 8. The number of hydrogen-bond acceptors (Lipinski definition) is 4. The summed E-state index contributed by atoms with van der Waals surface area (Å²) in [7, 11) is 0. The number of nitrogens with zero attached hydrogens (tertiary/aromatic N) is 2. The molecule has 1 aliphatic carbocycles. The number of ether oxygens (including phenoxy) is 1. The van der Waals surface area contributed by atoms with Gasteiger partial charge in [0.25, 0.3) is 0 Å². The molecule has 7 heteroatoms. The lowest BCUT2D eigenvalue weighted by atomic mass is 9.64. The Balaban J connectivity index is 1.59. The van der Waals surface area contributed by atoms with Crippen LogP contribution in [0.1, 0.15) is 38.7 Å². The molecule has 0 spiro atoms. The molecule has 1 aliphatic heterocycles. The highest BCUT2D eigenvalue weighted by molar-refractivity contribution is 6.30. The smallest absolute Gasteiger partial charge is 0.191 e. The van der Waals surface area contributed by atoms with Crippen molar-refractivity contribution in [1.29, 1.82) is 0 Å². The molecule has 0 radical (unpaired) electrons. The highest BCUT2D eigenvalue weighted by atomic mass is 35.5. The summed E-state index contributed by atoms with van der Waals surface area (Å²) >= 11 is 6.07. The van der Waals surface area contributed by atoms with Gasteiger partial charge in [-0.3, -0.25) is 9.89 Å². The number of aliphatic imine (C=N–C) groups is 1. The molecule has 3 rings (SSSR count). The Hall–Kier alpha value is -1.34. The molecule has 1 saturated heterocycles. The van der Waals surface area contributed by atoms with Crippen LogP contribution in [0.3, 0.4) is 0 Å². The van der Waals surface area contributed by atoms with Crippen molar-refractivity contribution in [3.05, 3.63) is 34.9 Å². The topological polar surface area (TPSA) is 69.1 Å². The Morgan fingerprint density at radius 2 is 1.93 bits per heavy atom. The van der Waals surface area contributed by atoms with Crippen LogP contribution < -0.4 is 10.6 Å². The molecule has 1 saturated carbocycles. The van der Waals surface area contributed by atoms with E-state index in [1.54, 1.807) is 0 Å². The maximum absolute atomic E-state index is 10.8. The minimum absolute atomic E-state index is 0.136. The molecule has 29 heavy (non-hydrogen) atoms. The van der Waals surface area contributed by atoms with E-state index in [0.717, 1.165) is 63.2 Å². The monoisotopic (exact) mass is 422 g/mol. The molecule has 0 aromatic heterocycles. The molecular formula is C22H35ClN4O2. The van der Waals surface area contributed by atoms with Crippen molar-refractivity contribution in [1.82, 2.24) is 15.5 Å². The Morgan fingerprint density at radius 3 is 2.52 bits per heavy atom. The maximum atomic E-state index is 10.8. The van der Waals surface area contributed by atoms with Gasteiger partial charge in [0.2, 0.25) is 0 Å². The summed E-state index contributed by atoms with van der Waals surface area (Å²) in [5, 5.41) is 18.4. The molecule has 162 valence electrons. The minimum atomic E-state index is -0.871. The fourth-order valence-corrected chi connectivity index (χ4v) is 4.24. The van der Waals surface area contributed by atoms with E-state index in [0.29, 0.717) is 13.1 Å². The van der Waals surface area contributed by atoms with E-state index in [1.807, 2.05) is 19.1 Å². The van der Waals surface area contributed by atoms with E-state index >= 15 is 0 Å². The van der Waals surface area contributed by atoms with Crippen molar-refractivity contribution >= 4 is 17.6 Å². The minimum Gasteiger partial charge on any atom is -0.387 e. The van der Waals surface area contributed by atoms with Crippen LogP contribution in [0.15, 0.2) is 29.3 Å². The summed E-state index contributed by atoms with van der Waals surface area (Å²) < 4.78 is 5.39. The van der Waals surface area contributed by atoms with E-state index in [4.69, 9.17) is 16.3 Å². The third-order valence-corrected chi connectivity index (χ3v) is 6.20. The van der Waals surface area contributed by atoms with Crippen LogP contribution in [0.5, 0.6) is 0 Å². The Morgan fingerprint density at radius 1 is 1.24 bits per heavy atom. The second-order valence-electron chi connectivity index (χ2n) is 8.57. The Labute approximate surface area is 179 Å². The zero-order valence-corrected chi connectivity index (χ0v) is 18.5. The number of halogens is 1. The van der Waals surface area contributed by atoms with Gasteiger partial charge in [0, 0.05) is 43.2 Å². The van der Waals surface area contributed by atoms with Crippen LogP contribution in [0, 0.1) is 0 Å². The number of nitrogens with one attached hydrogen (secondary N) is 2. The number of aliphatic hydroxyl groups is 1. The van der Waals surface area contributed by atoms with E-state index in [-0.39, 0.29) is 5.41 Å². The zero-order valence-electron chi connectivity index (χ0n) is 17.7. The number of benzene rings is 1. The molecule has 0 amide bonds. The summed E-state index contributed by atoms with van der Waals surface area (Å²) in [5.74, 6) is 0.759. The number of β-amino-alcohol motifs (C(OH)–C–C–N with tert-alkyl or cyclic N) is 1. The summed E-state index contributed by atoms with van der Waals surface area (Å²) in [6.07, 6.45) is 3.57. The lowest BCUT2D eigenvalue weighted by molar-refractivity contribution is -0.0180. The molecule has 1 aromatic carbocycles. The molecular weight excluding hydrogens is 388 g/mol. The first-order chi connectivity index (χ1) is 13.9. The molecule has 1 heterocycles. The van der Waals surface area contributed by atoms with Crippen molar-refractivity contribution in [3.8, 4) is 0 Å². The molecule has 2 aliphatic rings. The largest absolute Gasteiger partial charge is 0.387 e. The van der Waals surface area contributed by atoms with Gasteiger partial charge in [0.15, 0.2) is 5.96 Å². The standard InChI is InChI=1S/C22H35ClN4O2/c1-3-24-20(25-15-21(2,28)17-27-11-13-29-14-12-27)26-16-22(9-4-10-22)18-5-7-19(23)8-6-18/h5-8,28H,3-4,9-17H2,1-2H3,(H2,24,25,26). The first kappa shape index (κ1) is 22.3. The van der Waals surface area contributed by atoms with Gasteiger partial charge in [-0.25, -0.2) is 0 Å². The van der Waals surface area contributed by atoms with Crippen LogP contribution in [-0.4, -0.2) is 74.0 Å². The molecule has 6 nitrogen and oxygen atoms in total. The van der Waals surface area contributed by atoms with Crippen LogP contribution in [-0.2, 0) is 10.2 Å². The average molecular weight is 423 g/mol. The predicted octanol–water partition coefficient (Wildman–Crippen LogP) is 2.40. The summed E-state index contributed by atoms with van der Waals surface area (Å²) in [4.78, 5) is 6.92. The third kappa shape index (κ3) is 6.32. The normalized spacial score (nSPS) is 21.9. The zero-order chi connectivity index (χ0) is 20.7. The lowest BCUT2D eigenvalue weighted by Gasteiger charge is -2.43. The van der Waals surface area contributed by atoms with Gasteiger partial charge in [-0.15, -0.1) is 0 Å². The molecule has 0 bridgehead atoms. The quantitative estimate of drug-likeness (QED) is 0.443. The van der Waals surface area contributed by atoms with Crippen molar-refractivity contribution in [3.63, 3.8) is 0 Å². The number of guanidine groups is 1. The van der Waals surface area contributed by atoms with Crippen LogP contribution in [0.2, 0.25) is 5.02 Å². The molecule has 3 N–H and O–H groups in total. The van der Waals surface area contributed by atoms with Crippen LogP contribution >= 0.6 is 11.6 Å². The van der Waals surface area contributed by atoms with E-state index < -0.39 is 5.60 Å². The van der Waals surface area contributed by atoms with E-state index in [2.05, 4.69) is 39.6 Å². The van der Waals surface area contributed by atoms with Crippen molar-refractivity contribution in [2.45, 2.75) is 44.1 Å². The van der Waals surface area contributed by atoms with Crippen LogP contribution in [0.4, 0.5) is 0 Å². The van der Waals surface area contributed by atoms with Crippen molar-refractivity contribution in [2.24, 2.45) is 4.99 Å². The van der Waals surface area contributed by atoms with E-state index in [1.165, 1.54) is 12.0 Å². The van der Waals surface area contributed by atoms with Gasteiger partial charge in [0.1, 0.15) is 0 Å². The Bertz CT molecular complexity index is 668. The van der Waals surface area contributed by atoms with Gasteiger partial charge in [-0.2, -0.15) is 0 Å². The third-order valence-electron chi connectivity index (χ3n) is 5.95. The SMILES string of the molecule is CCNC(=NCC(C)(O)CN1CCOCC1)NCC1(c2ccc(Cl)cc2)CCC1. The molecule has 1 unspecified atom stereocenters. The molecule has 1 atom stereocenters. The first-order valence-corrected chi connectivity index (χ1v) is 11.1. The van der Waals surface area contributed by atoms with Crippen molar-refractivity contribution in [2.75, 3.05) is 52.5 Å². The Kier molecular flexibility index (Phi) is 7.79. The second-order valence-corrected chi connectivity index (χ2v) is 9.01. The van der Waals surface area contributed by atoms with Gasteiger partial charge in [-0.1, -0.05) is 30.2 Å². The first-order valence-electron chi connectivity index (χ1n) is 10.7. The van der Waals surface area contributed by atoms with Gasteiger partial charge in [0.05, 0.1) is 25.4 Å². The highest BCUT2D eigenvalue weighted by Crippen LogP contribution is 2.43. The predicted molar refractivity (Wildman–Crippen MR) is 119 cm³/mol. The maximum Gasteiger partial charge on any atom is 0.191 e. The van der Waals surface area contributed by atoms with Crippen LogP contribution in [0.25, 0.3) is 0 Å². The fraction of sp³-hybridized carbons (Fsp3) is 0.682. The number of hydrogen-bond donors (Lipinski definition) is 3. The van der Waals surface area contributed by atoms with E-state index in [9.17, 15) is 5.11 Å². The van der Waals surface area contributed by atoms with Gasteiger partial charge < -0.3 is 20.5 Å².